The highest BCUT2D eigenvalue weighted by atomic mass is 16.5. The van der Waals surface area contributed by atoms with Crippen molar-refractivity contribution in [2.75, 3.05) is 13.2 Å². The zero-order chi connectivity index (χ0) is 55.0. The number of hydrogen-bond acceptors (Lipinski definition) is 5. The smallest absolute Gasteiger partial charge is 0.305 e. The summed E-state index contributed by atoms with van der Waals surface area (Å²) in [6.45, 7) is 4.95. The van der Waals surface area contributed by atoms with Crippen LogP contribution in [0, 0.1) is 0 Å². The zero-order valence-electron chi connectivity index (χ0n) is 51.8. The first-order valence-electron chi connectivity index (χ1n) is 35.0. The molecular formula is C70H137NO5. The molecular weight excluding hydrogens is 935 g/mol. The van der Waals surface area contributed by atoms with E-state index in [-0.39, 0.29) is 18.5 Å². The predicted molar refractivity (Wildman–Crippen MR) is 333 cm³/mol. The third-order valence-electron chi connectivity index (χ3n) is 16.6. The molecule has 0 aliphatic carbocycles. The summed E-state index contributed by atoms with van der Waals surface area (Å²) in [5.74, 6) is -0.0415. The summed E-state index contributed by atoms with van der Waals surface area (Å²) in [4.78, 5) is 24.6. The van der Waals surface area contributed by atoms with Crippen molar-refractivity contribution in [3.05, 3.63) is 12.2 Å². The largest absolute Gasteiger partial charge is 0.466 e. The lowest BCUT2D eigenvalue weighted by molar-refractivity contribution is -0.143. The molecule has 6 nitrogen and oxygen atoms in total. The minimum absolute atomic E-state index is 0.0201. The van der Waals surface area contributed by atoms with E-state index in [1.807, 2.05) is 6.08 Å². The lowest BCUT2D eigenvalue weighted by Gasteiger charge is -2.20. The molecule has 0 saturated carbocycles. The van der Waals surface area contributed by atoms with Crippen molar-refractivity contribution >= 4 is 11.9 Å². The van der Waals surface area contributed by atoms with E-state index in [4.69, 9.17) is 4.74 Å². The van der Waals surface area contributed by atoms with Crippen molar-refractivity contribution in [3.8, 4) is 0 Å². The maximum absolute atomic E-state index is 12.5. The van der Waals surface area contributed by atoms with Crippen LogP contribution in [0.3, 0.4) is 0 Å². The number of hydrogen-bond donors (Lipinski definition) is 3. The fraction of sp³-hybridized carbons (Fsp3) is 0.943. The molecule has 0 fully saturated rings. The molecule has 2 atom stereocenters. The first kappa shape index (κ1) is 74.6. The fourth-order valence-corrected chi connectivity index (χ4v) is 11.2. The van der Waals surface area contributed by atoms with Gasteiger partial charge in [0.25, 0.3) is 0 Å². The zero-order valence-corrected chi connectivity index (χ0v) is 51.8. The van der Waals surface area contributed by atoms with Gasteiger partial charge in [0.1, 0.15) is 0 Å². The van der Waals surface area contributed by atoms with Crippen molar-refractivity contribution in [2.24, 2.45) is 0 Å². The number of esters is 1. The quantitative estimate of drug-likeness (QED) is 0.0320. The highest BCUT2D eigenvalue weighted by molar-refractivity contribution is 5.76. The van der Waals surface area contributed by atoms with Gasteiger partial charge in [0.05, 0.1) is 25.4 Å². The maximum atomic E-state index is 12.5. The van der Waals surface area contributed by atoms with Gasteiger partial charge in [-0.15, -0.1) is 0 Å². The van der Waals surface area contributed by atoms with Crippen LogP contribution < -0.4 is 5.32 Å². The van der Waals surface area contributed by atoms with Gasteiger partial charge in [-0.25, -0.2) is 0 Å². The Morgan fingerprint density at radius 1 is 0.355 bits per heavy atom. The second-order valence-corrected chi connectivity index (χ2v) is 24.2. The van der Waals surface area contributed by atoms with Gasteiger partial charge in [-0.1, -0.05) is 366 Å². The molecule has 0 rings (SSSR count). The van der Waals surface area contributed by atoms with Crippen LogP contribution in [0.5, 0.6) is 0 Å². The summed E-state index contributed by atoms with van der Waals surface area (Å²) >= 11 is 0. The number of unbranched alkanes of at least 4 members (excludes halogenated alkanes) is 55. The number of aliphatic hydroxyl groups excluding tert-OH is 2. The first-order chi connectivity index (χ1) is 37.5. The van der Waals surface area contributed by atoms with Gasteiger partial charge in [0.15, 0.2) is 0 Å². The Balaban J connectivity index is 3.37. The number of carbonyl (C=O) groups excluding carboxylic acids is 2. The van der Waals surface area contributed by atoms with E-state index in [2.05, 4.69) is 19.2 Å². The molecule has 0 aliphatic heterocycles. The second-order valence-electron chi connectivity index (χ2n) is 24.2. The monoisotopic (exact) mass is 1070 g/mol. The first-order valence-corrected chi connectivity index (χ1v) is 35.0. The van der Waals surface area contributed by atoms with E-state index in [1.165, 1.54) is 334 Å². The number of allylic oxidation sites excluding steroid dienone is 1. The minimum Gasteiger partial charge on any atom is -0.466 e. The Labute approximate surface area is 476 Å². The van der Waals surface area contributed by atoms with Gasteiger partial charge in [0.2, 0.25) is 5.91 Å². The van der Waals surface area contributed by atoms with Gasteiger partial charge in [-0.05, 0) is 32.1 Å². The highest BCUT2D eigenvalue weighted by Gasteiger charge is 2.18. The summed E-state index contributed by atoms with van der Waals surface area (Å²) in [5, 5.41) is 23.2. The Morgan fingerprint density at radius 3 is 0.895 bits per heavy atom. The SMILES string of the molecule is CCCCCCCCCCCCCCCCCCC/C=C/C(O)C(CO)NC(=O)CCCCCCCCCCCCCCCCCCCCCCCCCCCCOC(=O)CCCCCCCCCCCCCCCC. The molecule has 0 radical (unpaired) electrons. The minimum atomic E-state index is -0.843. The predicted octanol–water partition coefficient (Wildman–Crippen LogP) is 22.4. The normalized spacial score (nSPS) is 12.5. The molecule has 0 spiro atoms. The molecule has 0 heterocycles. The molecule has 0 aliphatic rings. The lowest BCUT2D eigenvalue weighted by Crippen LogP contribution is -2.45. The Hall–Kier alpha value is -1.40. The van der Waals surface area contributed by atoms with Crippen LogP contribution in [0.15, 0.2) is 12.2 Å². The fourth-order valence-electron chi connectivity index (χ4n) is 11.2. The number of aliphatic hydroxyl groups is 2. The molecule has 1 amide bonds. The maximum Gasteiger partial charge on any atom is 0.305 e. The molecule has 3 N–H and O–H groups in total. The summed E-state index contributed by atoms with van der Waals surface area (Å²) in [7, 11) is 0. The number of carbonyl (C=O) groups is 2. The average Bonchev–Trinajstić information content (AvgIpc) is 3.42. The second kappa shape index (κ2) is 66.1. The van der Waals surface area contributed by atoms with E-state index in [0.717, 1.165) is 38.5 Å². The van der Waals surface area contributed by atoms with Gasteiger partial charge >= 0.3 is 5.97 Å². The van der Waals surface area contributed by atoms with Gasteiger partial charge in [0, 0.05) is 12.8 Å². The van der Waals surface area contributed by atoms with Gasteiger partial charge in [-0.3, -0.25) is 9.59 Å². The molecule has 6 heteroatoms. The van der Waals surface area contributed by atoms with Crippen molar-refractivity contribution in [1.82, 2.24) is 5.32 Å². The Bertz CT molecular complexity index is 1140. The molecule has 452 valence electrons. The van der Waals surface area contributed by atoms with Crippen LogP contribution >= 0.6 is 0 Å². The van der Waals surface area contributed by atoms with Crippen LogP contribution in [0.4, 0.5) is 0 Å². The van der Waals surface area contributed by atoms with E-state index < -0.39 is 12.1 Å². The topological polar surface area (TPSA) is 95.9 Å². The molecule has 76 heavy (non-hydrogen) atoms. The molecule has 0 aromatic rings. The van der Waals surface area contributed by atoms with Gasteiger partial charge < -0.3 is 20.3 Å². The van der Waals surface area contributed by atoms with Crippen LogP contribution in [0.2, 0.25) is 0 Å². The van der Waals surface area contributed by atoms with Crippen LogP contribution in [0.1, 0.15) is 399 Å². The number of amides is 1. The number of ether oxygens (including phenoxy) is 1. The van der Waals surface area contributed by atoms with E-state index in [1.54, 1.807) is 6.08 Å². The van der Waals surface area contributed by atoms with Crippen LogP contribution in [-0.4, -0.2) is 47.4 Å². The van der Waals surface area contributed by atoms with Crippen molar-refractivity contribution in [1.29, 1.82) is 0 Å². The van der Waals surface area contributed by atoms with Crippen LogP contribution in [0.25, 0.3) is 0 Å². The average molecular weight is 1070 g/mol. The van der Waals surface area contributed by atoms with Crippen molar-refractivity contribution in [2.45, 2.75) is 411 Å². The van der Waals surface area contributed by atoms with E-state index >= 15 is 0 Å². The van der Waals surface area contributed by atoms with Gasteiger partial charge in [-0.2, -0.15) is 0 Å². The summed E-state index contributed by atoms with van der Waals surface area (Å²) in [6.07, 6.45) is 81.4. The number of rotatable bonds is 66. The van der Waals surface area contributed by atoms with Crippen molar-refractivity contribution < 1.29 is 24.5 Å². The third-order valence-corrected chi connectivity index (χ3v) is 16.6. The summed E-state index contributed by atoms with van der Waals surface area (Å²) in [6, 6.07) is -0.626. The number of nitrogens with one attached hydrogen (secondary N) is 1. The van der Waals surface area contributed by atoms with E-state index in [0.29, 0.717) is 19.4 Å². The molecule has 0 aromatic carbocycles. The molecule has 0 saturated heterocycles. The molecule has 0 aromatic heterocycles. The summed E-state index contributed by atoms with van der Waals surface area (Å²) < 4.78 is 5.49. The van der Waals surface area contributed by atoms with E-state index in [9.17, 15) is 19.8 Å². The molecule has 0 bridgehead atoms. The lowest BCUT2D eigenvalue weighted by atomic mass is 10.0. The highest BCUT2D eigenvalue weighted by Crippen LogP contribution is 2.19. The Kier molecular flexibility index (Phi) is 64.9. The molecule has 2 unspecified atom stereocenters. The van der Waals surface area contributed by atoms with Crippen molar-refractivity contribution in [3.63, 3.8) is 0 Å². The standard InChI is InChI=1S/C70H137NO5/c1-3-5-7-9-11-13-15-17-19-20-29-32-35-38-42-46-50-54-58-62-68(73)67(66-72)71-69(74)63-59-55-51-47-43-39-36-33-30-27-25-23-21-22-24-26-28-31-34-37-41-45-49-53-57-61-65-76-70(75)64-60-56-52-48-44-40-18-16-14-12-10-8-6-4-2/h58,62,67-68,72-73H,3-57,59-61,63-66H2,1-2H3,(H,71,74)/b62-58+. The summed E-state index contributed by atoms with van der Waals surface area (Å²) in [5.41, 5.74) is 0. The third kappa shape index (κ3) is 61.8. The van der Waals surface area contributed by atoms with Crippen LogP contribution in [-0.2, 0) is 14.3 Å². The Morgan fingerprint density at radius 2 is 0.605 bits per heavy atom.